The summed E-state index contributed by atoms with van der Waals surface area (Å²) >= 11 is 0. The van der Waals surface area contributed by atoms with Gasteiger partial charge in [0.25, 0.3) is 0 Å². The summed E-state index contributed by atoms with van der Waals surface area (Å²) in [5.41, 5.74) is 3.40. The minimum atomic E-state index is 0.510. The van der Waals surface area contributed by atoms with Gasteiger partial charge in [-0.3, -0.25) is 9.25 Å². The molecule has 0 aliphatic carbocycles. The van der Waals surface area contributed by atoms with Gasteiger partial charge in [0.2, 0.25) is 0 Å². The number of nitrogens with zero attached hydrogens (tertiary/aromatic N) is 6. The average Bonchev–Trinajstić information content (AvgIpc) is 3.49. The fourth-order valence-electron chi connectivity index (χ4n) is 3.29. The van der Waals surface area contributed by atoms with E-state index >= 15 is 0 Å². The molecular weight excluding hydrogens is 388 g/mol. The van der Waals surface area contributed by atoms with Crippen molar-refractivity contribution < 1.29 is 0 Å². The lowest BCUT2D eigenvalue weighted by Gasteiger charge is -2.13. The topological polar surface area (TPSA) is 84.9 Å². The molecule has 8 nitrogen and oxygen atoms in total. The zero-order chi connectivity index (χ0) is 21.3. The Morgan fingerprint density at radius 2 is 1.77 bits per heavy atom. The zero-order valence-electron chi connectivity index (χ0n) is 17.5. The van der Waals surface area contributed by atoms with Gasteiger partial charge in [-0.2, -0.15) is 5.10 Å². The van der Waals surface area contributed by atoms with E-state index in [0.29, 0.717) is 13.1 Å². The minimum Gasteiger partial charge on any atom is -0.357 e. The number of rotatable bonds is 8. The Morgan fingerprint density at radius 1 is 0.968 bits per heavy atom. The molecule has 0 radical (unpaired) electrons. The van der Waals surface area contributed by atoms with E-state index in [2.05, 4.69) is 45.0 Å². The fourth-order valence-corrected chi connectivity index (χ4v) is 3.29. The maximum atomic E-state index is 4.78. The lowest BCUT2D eigenvalue weighted by atomic mass is 10.1. The van der Waals surface area contributed by atoms with Gasteiger partial charge in [0.15, 0.2) is 11.8 Å². The van der Waals surface area contributed by atoms with E-state index in [1.165, 1.54) is 11.1 Å². The molecular formula is C23H26N8. The Morgan fingerprint density at radius 3 is 2.55 bits per heavy atom. The van der Waals surface area contributed by atoms with Crippen LogP contribution in [0.4, 0.5) is 0 Å². The first-order valence-electron chi connectivity index (χ1n) is 10.3. The van der Waals surface area contributed by atoms with Crippen LogP contribution in [0.5, 0.6) is 0 Å². The van der Waals surface area contributed by atoms with Crippen molar-refractivity contribution in [2.45, 2.75) is 26.6 Å². The first-order valence-corrected chi connectivity index (χ1v) is 10.3. The van der Waals surface area contributed by atoms with E-state index in [0.717, 1.165) is 30.6 Å². The quantitative estimate of drug-likeness (QED) is 0.342. The molecule has 0 saturated carbocycles. The Bertz CT molecular complexity index is 1100. The second-order valence-corrected chi connectivity index (χ2v) is 6.97. The molecule has 0 bridgehead atoms. The number of nitrogens with one attached hydrogen (secondary N) is 2. The third-order valence-corrected chi connectivity index (χ3v) is 4.83. The highest BCUT2D eigenvalue weighted by Gasteiger charge is 2.08. The molecule has 0 aliphatic rings. The van der Waals surface area contributed by atoms with Gasteiger partial charge in [0.1, 0.15) is 6.33 Å². The largest absolute Gasteiger partial charge is 0.357 e. The predicted octanol–water partition coefficient (Wildman–Crippen LogP) is 2.77. The van der Waals surface area contributed by atoms with Gasteiger partial charge in [-0.25, -0.2) is 4.99 Å². The van der Waals surface area contributed by atoms with Crippen LogP contribution in [0, 0.1) is 0 Å². The third-order valence-electron chi connectivity index (χ3n) is 4.83. The highest BCUT2D eigenvalue weighted by atomic mass is 15.3. The third kappa shape index (κ3) is 5.36. The second kappa shape index (κ2) is 10.2. The summed E-state index contributed by atoms with van der Waals surface area (Å²) in [7, 11) is 0. The lowest BCUT2D eigenvalue weighted by Crippen LogP contribution is -2.37. The van der Waals surface area contributed by atoms with Crippen LogP contribution in [-0.2, 0) is 19.6 Å². The Hall–Kier alpha value is -3.94. The van der Waals surface area contributed by atoms with Crippen molar-refractivity contribution in [3.63, 3.8) is 0 Å². The predicted molar refractivity (Wildman–Crippen MR) is 121 cm³/mol. The number of hydrogen-bond acceptors (Lipinski definition) is 4. The van der Waals surface area contributed by atoms with Crippen LogP contribution in [0.15, 0.2) is 84.4 Å². The molecule has 2 aromatic heterocycles. The van der Waals surface area contributed by atoms with Gasteiger partial charge >= 0.3 is 0 Å². The summed E-state index contributed by atoms with van der Waals surface area (Å²) in [5.74, 6) is 1.55. The molecule has 158 valence electrons. The maximum absolute atomic E-state index is 4.78. The molecule has 8 heteroatoms. The molecule has 0 fully saturated rings. The summed E-state index contributed by atoms with van der Waals surface area (Å²) in [5, 5.41) is 19.3. The molecule has 0 atom stereocenters. The van der Waals surface area contributed by atoms with Crippen LogP contribution >= 0.6 is 0 Å². The summed E-state index contributed by atoms with van der Waals surface area (Å²) in [6, 6.07) is 20.3. The summed E-state index contributed by atoms with van der Waals surface area (Å²) in [6.07, 6.45) is 5.48. The summed E-state index contributed by atoms with van der Waals surface area (Å²) in [6.45, 7) is 4.62. The SMILES string of the molecule is CCNC(=NCc1ccccc1Cn1cccn1)NCc1nncn1-c1ccccc1. The molecule has 2 heterocycles. The molecule has 31 heavy (non-hydrogen) atoms. The average molecular weight is 415 g/mol. The smallest absolute Gasteiger partial charge is 0.191 e. The molecule has 2 aromatic carbocycles. The number of para-hydroxylation sites is 1. The van der Waals surface area contributed by atoms with Crippen molar-refractivity contribution in [3.05, 3.63) is 96.3 Å². The number of guanidine groups is 1. The lowest BCUT2D eigenvalue weighted by molar-refractivity contribution is 0.680. The van der Waals surface area contributed by atoms with Crippen LogP contribution in [0.25, 0.3) is 5.69 Å². The molecule has 2 N–H and O–H groups in total. The molecule has 0 aliphatic heterocycles. The van der Waals surface area contributed by atoms with Crippen molar-refractivity contribution in [2.75, 3.05) is 6.54 Å². The van der Waals surface area contributed by atoms with E-state index in [1.807, 2.05) is 64.0 Å². The van der Waals surface area contributed by atoms with E-state index in [-0.39, 0.29) is 0 Å². The highest BCUT2D eigenvalue weighted by molar-refractivity contribution is 5.79. The molecule has 4 aromatic rings. The first kappa shape index (κ1) is 20.3. The van der Waals surface area contributed by atoms with Crippen LogP contribution < -0.4 is 10.6 Å². The van der Waals surface area contributed by atoms with Gasteiger partial charge < -0.3 is 10.6 Å². The van der Waals surface area contributed by atoms with Crippen molar-refractivity contribution in [3.8, 4) is 5.69 Å². The van der Waals surface area contributed by atoms with E-state index in [1.54, 1.807) is 12.5 Å². The van der Waals surface area contributed by atoms with Gasteiger partial charge in [0.05, 0.1) is 19.6 Å². The molecule has 0 saturated heterocycles. The summed E-state index contributed by atoms with van der Waals surface area (Å²) in [4.78, 5) is 4.78. The number of hydrogen-bond donors (Lipinski definition) is 2. The van der Waals surface area contributed by atoms with Crippen molar-refractivity contribution >= 4 is 5.96 Å². The van der Waals surface area contributed by atoms with Crippen LogP contribution in [0.3, 0.4) is 0 Å². The Labute approximate surface area is 181 Å². The molecule has 0 amide bonds. The van der Waals surface area contributed by atoms with E-state index in [9.17, 15) is 0 Å². The van der Waals surface area contributed by atoms with Crippen LogP contribution in [0.1, 0.15) is 23.9 Å². The molecule has 0 spiro atoms. The second-order valence-electron chi connectivity index (χ2n) is 6.97. The molecule has 0 unspecified atom stereocenters. The first-order chi connectivity index (χ1) is 15.3. The van der Waals surface area contributed by atoms with Gasteiger partial charge in [-0.05, 0) is 36.2 Å². The molecule has 4 rings (SSSR count). The number of aromatic nitrogens is 5. The van der Waals surface area contributed by atoms with Crippen molar-refractivity contribution in [1.29, 1.82) is 0 Å². The standard InChI is InChI=1S/C23H26N8/c1-2-24-23(26-16-22-29-27-18-31(22)21-11-4-3-5-12-21)25-15-19-9-6-7-10-20(19)17-30-14-8-13-28-30/h3-14,18H,2,15-17H2,1H3,(H2,24,25,26). The minimum absolute atomic E-state index is 0.510. The maximum Gasteiger partial charge on any atom is 0.191 e. The van der Waals surface area contributed by atoms with Gasteiger partial charge in [-0.1, -0.05) is 42.5 Å². The number of aliphatic imine (C=N–C) groups is 1. The van der Waals surface area contributed by atoms with Crippen molar-refractivity contribution in [1.82, 2.24) is 35.2 Å². The van der Waals surface area contributed by atoms with E-state index < -0.39 is 0 Å². The zero-order valence-corrected chi connectivity index (χ0v) is 17.5. The fraction of sp³-hybridized carbons (Fsp3) is 0.217. The Balaban J connectivity index is 1.45. The van der Waals surface area contributed by atoms with Gasteiger partial charge in [-0.15, -0.1) is 10.2 Å². The van der Waals surface area contributed by atoms with Crippen molar-refractivity contribution in [2.24, 2.45) is 4.99 Å². The monoisotopic (exact) mass is 414 g/mol. The van der Waals surface area contributed by atoms with E-state index in [4.69, 9.17) is 4.99 Å². The van der Waals surface area contributed by atoms with Gasteiger partial charge in [0, 0.05) is 24.6 Å². The Kier molecular flexibility index (Phi) is 6.69. The normalized spacial score (nSPS) is 11.5. The highest BCUT2D eigenvalue weighted by Crippen LogP contribution is 2.12. The van der Waals surface area contributed by atoms with Crippen LogP contribution in [0.2, 0.25) is 0 Å². The summed E-state index contributed by atoms with van der Waals surface area (Å²) < 4.78 is 3.89. The number of benzene rings is 2. The van der Waals surface area contributed by atoms with Crippen LogP contribution in [-0.4, -0.2) is 37.0 Å².